The number of rotatable bonds is 12. The SMILES string of the molecule is Cl.Cl.N=C(N)c1ccc2oc(CCCCCCCCCc3cc4cc(C(=N)N)ccc4o3)cc2c1. The number of halogens is 2. The summed E-state index contributed by atoms with van der Waals surface area (Å²) >= 11 is 0. The van der Waals surface area contributed by atoms with Gasteiger partial charge in [-0.05, 0) is 61.4 Å². The monoisotopic (exact) mass is 516 g/mol. The molecule has 0 saturated carbocycles. The molecule has 8 heteroatoms. The summed E-state index contributed by atoms with van der Waals surface area (Å²) in [6.07, 6.45) is 10.3. The molecule has 4 aromatic rings. The Bertz CT molecular complexity index is 1180. The van der Waals surface area contributed by atoms with Gasteiger partial charge in [0.25, 0.3) is 0 Å². The summed E-state index contributed by atoms with van der Waals surface area (Å²) in [5.41, 5.74) is 14.3. The van der Waals surface area contributed by atoms with Gasteiger partial charge in [0.05, 0.1) is 0 Å². The van der Waals surface area contributed by atoms with Crippen LogP contribution in [0.25, 0.3) is 21.9 Å². The lowest BCUT2D eigenvalue weighted by molar-refractivity contribution is 0.508. The van der Waals surface area contributed by atoms with Gasteiger partial charge in [-0.25, -0.2) is 0 Å². The fourth-order valence-corrected chi connectivity index (χ4v) is 4.26. The standard InChI is InChI=1S/C27H32N4O2.2ClH/c28-26(29)18-10-12-24-20(14-18)16-22(32-24)8-6-4-2-1-3-5-7-9-23-17-21-15-19(27(30)31)11-13-25(21)33-23;;/h10-17H,1-9H2,(H3,28,29)(H3,30,31);2*1H. The summed E-state index contributed by atoms with van der Waals surface area (Å²) in [6.45, 7) is 0. The topological polar surface area (TPSA) is 126 Å². The number of nitrogen functional groups attached to an aromatic ring is 2. The van der Waals surface area contributed by atoms with Gasteiger partial charge in [-0.3, -0.25) is 10.8 Å². The van der Waals surface area contributed by atoms with Gasteiger partial charge in [-0.15, -0.1) is 24.8 Å². The van der Waals surface area contributed by atoms with Gasteiger partial charge in [0.1, 0.15) is 34.4 Å². The Hall–Kier alpha value is -2.96. The summed E-state index contributed by atoms with van der Waals surface area (Å²) in [6, 6.07) is 15.4. The van der Waals surface area contributed by atoms with Crippen LogP contribution in [0, 0.1) is 10.8 Å². The second-order valence-electron chi connectivity index (χ2n) is 8.73. The largest absolute Gasteiger partial charge is 0.461 e. The highest BCUT2D eigenvalue weighted by Gasteiger charge is 2.07. The van der Waals surface area contributed by atoms with Crippen molar-refractivity contribution in [2.75, 3.05) is 0 Å². The van der Waals surface area contributed by atoms with E-state index in [0.29, 0.717) is 0 Å². The number of amidine groups is 2. The molecular formula is C27H34Cl2N4O2. The molecule has 6 nitrogen and oxygen atoms in total. The van der Waals surface area contributed by atoms with E-state index in [1.807, 2.05) is 36.4 Å². The van der Waals surface area contributed by atoms with E-state index in [0.717, 1.165) is 70.3 Å². The molecule has 0 saturated heterocycles. The highest BCUT2D eigenvalue weighted by molar-refractivity contribution is 5.99. The van der Waals surface area contributed by atoms with Gasteiger partial charge in [0, 0.05) is 34.7 Å². The second-order valence-corrected chi connectivity index (χ2v) is 8.73. The molecule has 2 aromatic carbocycles. The lowest BCUT2D eigenvalue weighted by Crippen LogP contribution is -2.10. The average Bonchev–Trinajstić information content (AvgIpc) is 3.39. The van der Waals surface area contributed by atoms with Crippen molar-refractivity contribution >= 4 is 58.4 Å². The summed E-state index contributed by atoms with van der Waals surface area (Å²) in [5, 5.41) is 17.1. The first-order chi connectivity index (χ1) is 16.0. The molecule has 0 spiro atoms. The molecule has 0 radical (unpaired) electrons. The van der Waals surface area contributed by atoms with Crippen LogP contribution in [0.1, 0.15) is 67.6 Å². The van der Waals surface area contributed by atoms with Crippen molar-refractivity contribution in [3.63, 3.8) is 0 Å². The predicted molar refractivity (Wildman–Crippen MR) is 149 cm³/mol. The number of furan rings is 2. The summed E-state index contributed by atoms with van der Waals surface area (Å²) in [7, 11) is 0. The molecule has 0 atom stereocenters. The van der Waals surface area contributed by atoms with Crippen LogP contribution in [-0.4, -0.2) is 11.7 Å². The Labute approximate surface area is 218 Å². The first-order valence-electron chi connectivity index (χ1n) is 11.7. The zero-order valence-electron chi connectivity index (χ0n) is 19.8. The van der Waals surface area contributed by atoms with E-state index in [1.165, 1.54) is 32.1 Å². The maximum absolute atomic E-state index is 7.55. The summed E-state index contributed by atoms with van der Waals surface area (Å²) in [4.78, 5) is 0. The van der Waals surface area contributed by atoms with Crippen molar-refractivity contribution in [3.8, 4) is 0 Å². The average molecular weight is 518 g/mol. The van der Waals surface area contributed by atoms with Gasteiger partial charge >= 0.3 is 0 Å². The van der Waals surface area contributed by atoms with Crippen LogP contribution in [0.5, 0.6) is 0 Å². The number of hydrogen-bond acceptors (Lipinski definition) is 4. The number of fused-ring (bicyclic) bond motifs is 2. The third-order valence-corrected chi connectivity index (χ3v) is 6.10. The van der Waals surface area contributed by atoms with E-state index >= 15 is 0 Å². The summed E-state index contributed by atoms with van der Waals surface area (Å²) < 4.78 is 11.8. The van der Waals surface area contributed by atoms with Gasteiger partial charge in [-0.1, -0.05) is 32.1 Å². The van der Waals surface area contributed by atoms with E-state index in [4.69, 9.17) is 31.1 Å². The highest BCUT2D eigenvalue weighted by atomic mass is 35.5. The molecule has 35 heavy (non-hydrogen) atoms. The van der Waals surface area contributed by atoms with Gasteiger partial charge < -0.3 is 20.3 Å². The van der Waals surface area contributed by atoms with Crippen LogP contribution in [0.2, 0.25) is 0 Å². The van der Waals surface area contributed by atoms with Crippen molar-refractivity contribution < 1.29 is 8.83 Å². The maximum atomic E-state index is 7.55. The van der Waals surface area contributed by atoms with E-state index in [-0.39, 0.29) is 36.5 Å². The smallest absolute Gasteiger partial charge is 0.134 e. The van der Waals surface area contributed by atoms with Crippen LogP contribution in [-0.2, 0) is 12.8 Å². The lowest BCUT2D eigenvalue weighted by Gasteiger charge is -2.01. The zero-order valence-corrected chi connectivity index (χ0v) is 21.4. The second kappa shape index (κ2) is 13.2. The van der Waals surface area contributed by atoms with Crippen LogP contribution < -0.4 is 11.5 Å². The van der Waals surface area contributed by atoms with E-state index < -0.39 is 0 Å². The Morgan fingerprint density at radius 2 is 0.943 bits per heavy atom. The molecule has 0 aliphatic carbocycles. The fraction of sp³-hybridized carbons (Fsp3) is 0.333. The fourth-order valence-electron chi connectivity index (χ4n) is 4.26. The first-order valence-corrected chi connectivity index (χ1v) is 11.7. The number of hydrogen-bond donors (Lipinski definition) is 4. The van der Waals surface area contributed by atoms with Gasteiger partial charge in [0.2, 0.25) is 0 Å². The maximum Gasteiger partial charge on any atom is 0.134 e. The minimum Gasteiger partial charge on any atom is -0.461 e. The van der Waals surface area contributed by atoms with E-state index in [2.05, 4.69) is 12.1 Å². The van der Waals surface area contributed by atoms with Crippen LogP contribution >= 0.6 is 24.8 Å². The number of unbranched alkanes of at least 4 members (excludes halogenated alkanes) is 6. The molecule has 0 amide bonds. The molecule has 0 fully saturated rings. The molecule has 4 rings (SSSR count). The van der Waals surface area contributed by atoms with Gasteiger partial charge in [0.15, 0.2) is 0 Å². The van der Waals surface area contributed by atoms with Gasteiger partial charge in [-0.2, -0.15) is 0 Å². The van der Waals surface area contributed by atoms with Crippen molar-refractivity contribution in [2.45, 2.75) is 57.8 Å². The van der Waals surface area contributed by atoms with Crippen molar-refractivity contribution in [2.24, 2.45) is 11.5 Å². The molecule has 0 aliphatic heterocycles. The van der Waals surface area contributed by atoms with E-state index in [9.17, 15) is 0 Å². The third kappa shape index (κ3) is 7.51. The number of benzene rings is 2. The molecule has 2 heterocycles. The third-order valence-electron chi connectivity index (χ3n) is 6.10. The molecule has 2 aromatic heterocycles. The van der Waals surface area contributed by atoms with E-state index in [1.54, 1.807) is 0 Å². The van der Waals surface area contributed by atoms with Crippen molar-refractivity contribution in [3.05, 3.63) is 71.2 Å². The highest BCUT2D eigenvalue weighted by Crippen LogP contribution is 2.24. The molecule has 0 unspecified atom stereocenters. The van der Waals surface area contributed by atoms with Crippen LogP contribution in [0.15, 0.2) is 57.4 Å². The number of aryl methyl sites for hydroxylation is 2. The zero-order chi connectivity index (χ0) is 23.2. The number of nitrogens with two attached hydrogens (primary N) is 2. The lowest BCUT2D eigenvalue weighted by atomic mass is 10.1. The normalized spacial score (nSPS) is 10.7. The molecule has 188 valence electrons. The Morgan fingerprint density at radius 3 is 1.31 bits per heavy atom. The molecule has 0 bridgehead atoms. The molecular weight excluding hydrogens is 483 g/mol. The van der Waals surface area contributed by atoms with Crippen molar-refractivity contribution in [1.29, 1.82) is 10.8 Å². The Balaban J connectivity index is 0.00000216. The van der Waals surface area contributed by atoms with Crippen LogP contribution in [0.4, 0.5) is 0 Å². The van der Waals surface area contributed by atoms with Crippen molar-refractivity contribution in [1.82, 2.24) is 0 Å². The molecule has 0 aliphatic rings. The van der Waals surface area contributed by atoms with Crippen LogP contribution in [0.3, 0.4) is 0 Å². The Kier molecular flexibility index (Phi) is 10.7. The first kappa shape index (κ1) is 28.3. The number of nitrogens with one attached hydrogen (secondary N) is 2. The minimum absolute atomic E-state index is 0. The molecule has 6 N–H and O–H groups in total. The summed E-state index contributed by atoms with van der Waals surface area (Å²) in [5.74, 6) is 2.18. The minimum atomic E-state index is 0. The predicted octanol–water partition coefficient (Wildman–Crippen LogP) is 7.11. The Morgan fingerprint density at radius 1 is 0.571 bits per heavy atom. The quantitative estimate of drug-likeness (QED) is 0.0908.